The molecule has 0 spiro atoms. The Morgan fingerprint density at radius 3 is 1.84 bits per heavy atom. The van der Waals surface area contributed by atoms with Gasteiger partial charge in [0.15, 0.2) is 0 Å². The maximum Gasteiger partial charge on any atom is 2.00 e. The number of phenols is 1. The summed E-state index contributed by atoms with van der Waals surface area (Å²) in [7, 11) is 0. The predicted molar refractivity (Wildman–Crippen MR) is 304 cm³/mol. The minimum Gasteiger partial charge on any atom is -0.665 e. The number of rotatable bonds is 10. The van der Waals surface area contributed by atoms with E-state index in [9.17, 15) is 7.85 Å². The topological polar surface area (TPSA) is 50.5 Å². The first-order valence-corrected chi connectivity index (χ1v) is 24.5. The van der Waals surface area contributed by atoms with Gasteiger partial charge in [-0.2, -0.15) is 0 Å². The summed E-state index contributed by atoms with van der Waals surface area (Å²) in [6, 6.07) is 51.8. The summed E-state index contributed by atoms with van der Waals surface area (Å²) in [6.07, 6.45) is 0.636. The molecule has 2 heterocycles. The van der Waals surface area contributed by atoms with E-state index < -0.39 is 61.9 Å². The largest absolute Gasteiger partial charge is 2.00 e. The number of benzene rings is 8. The molecule has 0 saturated heterocycles. The molecule has 9 aromatic rings. The number of phenolic OH excluding ortho intramolecular Hbond substituents is 1. The first kappa shape index (κ1) is 36.8. The second-order valence-corrected chi connectivity index (χ2v) is 20.3. The Morgan fingerprint density at radius 1 is 0.589 bits per heavy atom. The molecule has 73 heavy (non-hydrogen) atoms. The Hall–Kier alpha value is -7.00. The van der Waals surface area contributed by atoms with Gasteiger partial charge in [-0.1, -0.05) is 231 Å². The zero-order valence-corrected chi connectivity index (χ0v) is 44.2. The number of aromatic hydroxyl groups is 1. The van der Waals surface area contributed by atoms with Crippen LogP contribution in [-0.2, 0) is 31.9 Å². The van der Waals surface area contributed by atoms with Gasteiger partial charge in [-0.15, -0.1) is 29.4 Å². The van der Waals surface area contributed by atoms with Gasteiger partial charge in [0.1, 0.15) is 5.75 Å². The zero-order valence-electron chi connectivity index (χ0n) is 54.9. The van der Waals surface area contributed by atoms with Crippen LogP contribution in [0.1, 0.15) is 133 Å². The van der Waals surface area contributed by atoms with Gasteiger partial charge in [0.05, 0.1) is 5.48 Å². The van der Waals surface area contributed by atoms with Crippen LogP contribution in [0.25, 0.3) is 72.2 Å². The van der Waals surface area contributed by atoms with Crippen LogP contribution in [-0.4, -0.2) is 10.1 Å². The van der Waals surface area contributed by atoms with Gasteiger partial charge in [-0.05, 0) is 114 Å². The molecule has 0 saturated carbocycles. The van der Waals surface area contributed by atoms with Crippen molar-refractivity contribution in [2.24, 2.45) is 0 Å². The van der Waals surface area contributed by atoms with Gasteiger partial charge >= 0.3 is 21.1 Å². The average Bonchev–Trinajstić information content (AvgIpc) is 0.745. The fourth-order valence-corrected chi connectivity index (χ4v) is 9.68. The number of aromatic nitrogens is 1. The Balaban J connectivity index is 0.00000884. The van der Waals surface area contributed by atoms with Crippen LogP contribution >= 0.6 is 0 Å². The molecule has 0 bridgehead atoms. The van der Waals surface area contributed by atoms with Crippen LogP contribution in [0.2, 0.25) is 0 Å². The summed E-state index contributed by atoms with van der Waals surface area (Å²) >= 11 is 0. The van der Waals surface area contributed by atoms with Gasteiger partial charge in [-0.25, -0.2) is 0 Å². The van der Waals surface area contributed by atoms with E-state index in [4.69, 9.17) is 25.4 Å². The van der Waals surface area contributed by atoms with Gasteiger partial charge < -0.3 is 15.3 Å². The van der Waals surface area contributed by atoms with Crippen molar-refractivity contribution < 1.29 is 44.0 Å². The van der Waals surface area contributed by atoms with Crippen molar-refractivity contribution in [2.45, 2.75) is 97.9 Å². The Labute approximate surface area is 466 Å². The van der Waals surface area contributed by atoms with E-state index in [-0.39, 0.29) is 55.2 Å². The molecular weight excluding hydrogens is 1070 g/mol. The number of hydrogen-bond donors (Lipinski definition) is 1. The van der Waals surface area contributed by atoms with Crippen LogP contribution in [0.5, 0.6) is 5.75 Å². The molecule has 1 aliphatic rings. The van der Waals surface area contributed by atoms with Crippen molar-refractivity contribution in [3.8, 4) is 72.6 Å². The second-order valence-electron chi connectivity index (χ2n) is 20.3. The third kappa shape index (κ3) is 10.2. The standard InChI is InChI=1S/C68H65N3O.Pt/c1-43(2)50-38-56(44(3)4)65(72)59(39-50)66-70-64-55(27-20-28-62(64)71(66)63-42-57(47-23-16-12-17-24-47)60(68(8,9)10)41-58(63)48-25-18-13-19-26-48)52-35-51(45-21-14-11-15-22-45)36-53(37-52)61-40-49(33-34-69-61)46-29-31-54(32-30-46)67(5,6)7;/h11-36,38-44,66,72H,1-10H3;/q-2;+2/i5D3,6D3,7D3,29D,30D,31D,32D;. The Kier molecular flexibility index (Phi) is 10.3. The van der Waals surface area contributed by atoms with E-state index in [1.165, 1.54) is 12.3 Å². The van der Waals surface area contributed by atoms with Crippen molar-refractivity contribution in [2.75, 3.05) is 4.90 Å². The summed E-state index contributed by atoms with van der Waals surface area (Å²) in [6.45, 7) is 3.63. The predicted octanol–water partition coefficient (Wildman–Crippen LogP) is 19.3. The van der Waals surface area contributed by atoms with E-state index >= 15 is 0 Å². The van der Waals surface area contributed by atoms with Crippen LogP contribution in [0.15, 0.2) is 188 Å². The Bertz CT molecular complexity index is 3940. The summed E-state index contributed by atoms with van der Waals surface area (Å²) in [4.78, 5) is 7.01. The molecule has 1 N–H and O–H groups in total. The van der Waals surface area contributed by atoms with Crippen molar-refractivity contribution >= 4 is 17.1 Å². The molecule has 1 aliphatic heterocycles. The van der Waals surface area contributed by atoms with Crippen LogP contribution in [0.3, 0.4) is 0 Å². The van der Waals surface area contributed by atoms with Crippen molar-refractivity contribution in [3.63, 3.8) is 0 Å². The first-order valence-electron chi connectivity index (χ1n) is 31.0. The maximum absolute atomic E-state index is 12.7. The molecule has 1 unspecified atom stereocenters. The number of pyridine rings is 1. The molecular formula is C68H65N3OPt. The van der Waals surface area contributed by atoms with Gasteiger partial charge in [0.25, 0.3) is 0 Å². The second kappa shape index (κ2) is 20.5. The van der Waals surface area contributed by atoms with Crippen LogP contribution in [0, 0.1) is 6.07 Å². The fourth-order valence-electron chi connectivity index (χ4n) is 9.68. The minimum atomic E-state index is -3.82. The maximum atomic E-state index is 12.7. The van der Waals surface area contributed by atoms with Crippen molar-refractivity contribution in [1.29, 1.82) is 0 Å². The van der Waals surface area contributed by atoms with Gasteiger partial charge in [0.2, 0.25) is 0 Å². The van der Waals surface area contributed by atoms with Gasteiger partial charge in [0, 0.05) is 41.2 Å². The number of para-hydroxylation sites is 1. The quantitative estimate of drug-likeness (QED) is 0.139. The monoisotopic (exact) mass is 1150 g/mol. The first-order chi connectivity index (χ1) is 40.0. The van der Waals surface area contributed by atoms with Crippen molar-refractivity contribution in [3.05, 3.63) is 227 Å². The van der Waals surface area contributed by atoms with Gasteiger partial charge in [-0.3, -0.25) is 4.98 Å². The zero-order chi connectivity index (χ0) is 61.5. The van der Waals surface area contributed by atoms with E-state index in [1.807, 2.05) is 91.0 Å². The molecule has 10 rings (SSSR count). The molecule has 5 heteroatoms. The smallest absolute Gasteiger partial charge is 0.665 e. The van der Waals surface area contributed by atoms with E-state index in [0.29, 0.717) is 33.6 Å². The van der Waals surface area contributed by atoms with Crippen LogP contribution in [0.4, 0.5) is 17.1 Å². The molecule has 0 radical (unpaired) electrons. The summed E-state index contributed by atoms with van der Waals surface area (Å²) in [5, 5.41) is 18.4. The normalized spacial score (nSPS) is 16.6. The molecule has 1 atom stereocenters. The molecule has 8 aromatic carbocycles. The van der Waals surface area contributed by atoms with E-state index in [0.717, 1.165) is 61.4 Å². The fraction of sp³-hybridized carbons (Fsp3) is 0.221. The molecule has 368 valence electrons. The molecule has 0 amide bonds. The third-order valence-corrected chi connectivity index (χ3v) is 13.5. The summed E-state index contributed by atoms with van der Waals surface area (Å²) in [5.41, 5.74) is 8.19. The van der Waals surface area contributed by atoms with Crippen molar-refractivity contribution in [1.82, 2.24) is 4.98 Å². The summed E-state index contributed by atoms with van der Waals surface area (Å²) < 4.78 is 111. The molecule has 1 aromatic heterocycles. The number of nitrogens with zero attached hydrogens (tertiary/aromatic N) is 3. The Morgan fingerprint density at radius 2 is 1.22 bits per heavy atom. The van der Waals surface area contributed by atoms with E-state index in [2.05, 4.69) is 114 Å². The molecule has 4 nitrogen and oxygen atoms in total. The van der Waals surface area contributed by atoms with E-state index in [1.54, 1.807) is 6.07 Å². The molecule has 0 aliphatic carbocycles. The third-order valence-electron chi connectivity index (χ3n) is 13.5. The summed E-state index contributed by atoms with van der Waals surface area (Å²) in [5.74, 6) is 0.262. The average molecular weight is 1150 g/mol. The number of fused-ring (bicyclic) bond motifs is 1. The SMILES string of the molecule is [2H]c1c([2H])c(C(C([2H])([2H])[2H])(C([2H])([2H])[2H])C([2H])([2H])[2H])c([2H])c([2H])c1-c1ccnc(-c2[c-]c(-c3cccc4c3[N-]C(c3cc(C(C)C)cc(C(C)C)c3O)N4c3cc(-c4ccccc4)c(C(C)(C)C)cc3-c3ccccc3)cc(-c3ccccc3)c2)c1.[Pt+2]. The number of anilines is 2. The molecule has 0 fully saturated rings. The number of hydrogen-bond acceptors (Lipinski definition) is 3. The minimum absolute atomic E-state index is 0. The van der Waals surface area contributed by atoms with Crippen LogP contribution < -0.4 is 4.90 Å².